The molecule has 0 aliphatic carbocycles. The molecule has 1 atom stereocenters. The summed E-state index contributed by atoms with van der Waals surface area (Å²) in [4.78, 5) is 29.7. The van der Waals surface area contributed by atoms with E-state index in [4.69, 9.17) is 23.7 Å². The van der Waals surface area contributed by atoms with Crippen LogP contribution in [-0.2, 0) is 4.79 Å². The number of carbonyl (C=O) groups excluding carboxylic acids is 2. The van der Waals surface area contributed by atoms with Crippen LogP contribution in [0.2, 0.25) is 0 Å². The number of ether oxygens (including phenoxy) is 5. The molecule has 0 bridgehead atoms. The molecule has 0 radical (unpaired) electrons. The smallest absolute Gasteiger partial charge is 0.258 e. The van der Waals surface area contributed by atoms with E-state index < -0.39 is 11.9 Å². The molecule has 0 saturated heterocycles. The standard InChI is InChI=1S/C22H25N3O7/c1-28-13-6-7-16(29-2)14(10-13)15-11-19(26)24-22(23-15)25-21(27)12-8-17(30-3)20(32-5)18(9-12)31-4/h6-10,15H,11H2,1-5H3,(H2,23,24,25,26,27). The van der Waals surface area contributed by atoms with Gasteiger partial charge in [0.1, 0.15) is 11.5 Å². The van der Waals surface area contributed by atoms with Gasteiger partial charge in [0.05, 0.1) is 48.0 Å². The Morgan fingerprint density at radius 2 is 1.59 bits per heavy atom. The highest BCUT2D eigenvalue weighted by Gasteiger charge is 2.27. The lowest BCUT2D eigenvalue weighted by Crippen LogP contribution is -2.47. The van der Waals surface area contributed by atoms with Crippen molar-refractivity contribution in [3.05, 3.63) is 41.5 Å². The molecule has 1 heterocycles. The number of hydrogen-bond acceptors (Lipinski definition) is 8. The Morgan fingerprint density at radius 3 is 2.16 bits per heavy atom. The molecule has 0 saturated carbocycles. The van der Waals surface area contributed by atoms with E-state index in [0.29, 0.717) is 34.3 Å². The molecule has 0 spiro atoms. The van der Waals surface area contributed by atoms with Crippen LogP contribution in [0.1, 0.15) is 28.4 Å². The molecule has 2 N–H and O–H groups in total. The highest BCUT2D eigenvalue weighted by Crippen LogP contribution is 2.38. The first-order valence-corrected chi connectivity index (χ1v) is 9.65. The lowest BCUT2D eigenvalue weighted by atomic mass is 10.0. The number of guanidine groups is 1. The van der Waals surface area contributed by atoms with Gasteiger partial charge in [-0.15, -0.1) is 0 Å². The van der Waals surface area contributed by atoms with Crippen LogP contribution in [0.5, 0.6) is 28.7 Å². The molecule has 1 unspecified atom stereocenters. The van der Waals surface area contributed by atoms with Crippen molar-refractivity contribution in [1.29, 1.82) is 0 Å². The van der Waals surface area contributed by atoms with Crippen molar-refractivity contribution in [3.8, 4) is 28.7 Å². The van der Waals surface area contributed by atoms with E-state index in [1.165, 1.54) is 40.6 Å². The van der Waals surface area contributed by atoms with Gasteiger partial charge in [0.2, 0.25) is 17.6 Å². The summed E-state index contributed by atoms with van der Waals surface area (Å²) in [5, 5.41) is 5.21. The molecule has 2 aromatic carbocycles. The zero-order chi connectivity index (χ0) is 23.3. The summed E-state index contributed by atoms with van der Waals surface area (Å²) in [5.74, 6) is 1.39. The third kappa shape index (κ3) is 4.69. The lowest BCUT2D eigenvalue weighted by Gasteiger charge is -2.23. The van der Waals surface area contributed by atoms with E-state index >= 15 is 0 Å². The predicted octanol–water partition coefficient (Wildman–Crippen LogP) is 2.08. The quantitative estimate of drug-likeness (QED) is 0.673. The summed E-state index contributed by atoms with van der Waals surface area (Å²) < 4.78 is 26.5. The number of methoxy groups -OCH3 is 5. The van der Waals surface area contributed by atoms with E-state index in [-0.39, 0.29) is 23.9 Å². The van der Waals surface area contributed by atoms with Gasteiger partial charge in [-0.05, 0) is 30.3 Å². The van der Waals surface area contributed by atoms with Crippen LogP contribution < -0.4 is 34.3 Å². The summed E-state index contributed by atoms with van der Waals surface area (Å²) >= 11 is 0. The van der Waals surface area contributed by atoms with Crippen molar-refractivity contribution in [2.75, 3.05) is 35.5 Å². The van der Waals surface area contributed by atoms with Crippen LogP contribution in [0.15, 0.2) is 35.3 Å². The van der Waals surface area contributed by atoms with Crippen molar-refractivity contribution in [3.63, 3.8) is 0 Å². The number of amides is 2. The monoisotopic (exact) mass is 443 g/mol. The third-order valence-corrected chi connectivity index (χ3v) is 4.88. The highest BCUT2D eigenvalue weighted by molar-refractivity contribution is 6.11. The Labute approximate surface area is 185 Å². The third-order valence-electron chi connectivity index (χ3n) is 4.88. The second-order valence-electron chi connectivity index (χ2n) is 6.72. The summed E-state index contributed by atoms with van der Waals surface area (Å²) in [6.45, 7) is 0. The van der Waals surface area contributed by atoms with Crippen LogP contribution >= 0.6 is 0 Å². The van der Waals surface area contributed by atoms with Crippen LogP contribution in [0.25, 0.3) is 0 Å². The van der Waals surface area contributed by atoms with Gasteiger partial charge in [0.25, 0.3) is 5.91 Å². The van der Waals surface area contributed by atoms with Crippen molar-refractivity contribution < 1.29 is 33.3 Å². The molecule has 170 valence electrons. The van der Waals surface area contributed by atoms with Crippen LogP contribution in [0, 0.1) is 0 Å². The largest absolute Gasteiger partial charge is 0.497 e. The summed E-state index contributed by atoms with van der Waals surface area (Å²) in [7, 11) is 7.46. The van der Waals surface area contributed by atoms with Gasteiger partial charge in [-0.25, -0.2) is 4.99 Å². The zero-order valence-corrected chi connectivity index (χ0v) is 18.5. The number of nitrogens with zero attached hydrogens (tertiary/aromatic N) is 1. The number of hydrogen-bond donors (Lipinski definition) is 2. The SMILES string of the molecule is COc1ccc(OC)c(C2CC(=O)NC(NC(=O)c3cc(OC)c(OC)c(OC)c3)=N2)c1. The molecule has 2 amide bonds. The normalized spacial score (nSPS) is 15.2. The summed E-state index contributed by atoms with van der Waals surface area (Å²) in [5.41, 5.74) is 0.902. The second kappa shape index (κ2) is 9.90. The van der Waals surface area contributed by atoms with Crippen molar-refractivity contribution in [2.45, 2.75) is 12.5 Å². The Balaban J connectivity index is 1.91. The Hall–Kier alpha value is -3.95. The fourth-order valence-corrected chi connectivity index (χ4v) is 3.33. The Bertz CT molecular complexity index is 1030. The van der Waals surface area contributed by atoms with Crippen molar-refractivity contribution in [2.24, 2.45) is 4.99 Å². The maximum atomic E-state index is 12.9. The fourth-order valence-electron chi connectivity index (χ4n) is 3.33. The first-order valence-electron chi connectivity index (χ1n) is 9.65. The number of carbonyl (C=O) groups is 2. The molecule has 0 aromatic heterocycles. The van der Waals surface area contributed by atoms with E-state index in [9.17, 15) is 9.59 Å². The van der Waals surface area contributed by atoms with Gasteiger partial charge >= 0.3 is 0 Å². The van der Waals surface area contributed by atoms with E-state index in [1.807, 2.05) is 0 Å². The number of nitrogens with one attached hydrogen (secondary N) is 2. The van der Waals surface area contributed by atoms with Gasteiger partial charge in [-0.3, -0.25) is 20.2 Å². The first-order chi connectivity index (χ1) is 15.4. The summed E-state index contributed by atoms with van der Waals surface area (Å²) in [6, 6.07) is 7.69. The molecule has 2 aromatic rings. The zero-order valence-electron chi connectivity index (χ0n) is 18.5. The van der Waals surface area contributed by atoms with Gasteiger partial charge < -0.3 is 23.7 Å². The average molecular weight is 443 g/mol. The Morgan fingerprint density at radius 1 is 0.938 bits per heavy atom. The van der Waals surface area contributed by atoms with Crippen LogP contribution in [-0.4, -0.2) is 53.3 Å². The number of aliphatic imine (C=N–C) groups is 1. The summed E-state index contributed by atoms with van der Waals surface area (Å²) in [6.07, 6.45) is 0.0904. The molecular formula is C22H25N3O7. The number of rotatable bonds is 7. The fraction of sp³-hybridized carbons (Fsp3) is 0.318. The van der Waals surface area contributed by atoms with Gasteiger partial charge in [-0.1, -0.05) is 0 Å². The molecule has 1 aliphatic rings. The molecule has 0 fully saturated rings. The second-order valence-corrected chi connectivity index (χ2v) is 6.72. The molecule has 3 rings (SSSR count). The van der Waals surface area contributed by atoms with Gasteiger partial charge in [-0.2, -0.15) is 0 Å². The minimum atomic E-state index is -0.566. The van der Waals surface area contributed by atoms with Crippen LogP contribution in [0.3, 0.4) is 0 Å². The van der Waals surface area contributed by atoms with Crippen molar-refractivity contribution in [1.82, 2.24) is 10.6 Å². The number of benzene rings is 2. The highest BCUT2D eigenvalue weighted by atomic mass is 16.5. The van der Waals surface area contributed by atoms with E-state index in [1.54, 1.807) is 25.3 Å². The molecule has 1 aliphatic heterocycles. The maximum absolute atomic E-state index is 12.9. The minimum absolute atomic E-state index is 0.0230. The molecule has 10 nitrogen and oxygen atoms in total. The maximum Gasteiger partial charge on any atom is 0.258 e. The van der Waals surface area contributed by atoms with Gasteiger partial charge in [0, 0.05) is 11.1 Å². The molecule has 10 heteroatoms. The van der Waals surface area contributed by atoms with Crippen molar-refractivity contribution >= 4 is 17.8 Å². The topological polar surface area (TPSA) is 117 Å². The van der Waals surface area contributed by atoms with Gasteiger partial charge in [0.15, 0.2) is 11.5 Å². The predicted molar refractivity (Wildman–Crippen MR) is 116 cm³/mol. The van der Waals surface area contributed by atoms with E-state index in [2.05, 4.69) is 15.6 Å². The van der Waals surface area contributed by atoms with E-state index in [0.717, 1.165) is 0 Å². The minimum Gasteiger partial charge on any atom is -0.497 e. The average Bonchev–Trinajstić information content (AvgIpc) is 2.81. The lowest BCUT2D eigenvalue weighted by molar-refractivity contribution is -0.120. The first kappa shape index (κ1) is 22.7. The Kier molecular flexibility index (Phi) is 7.04. The van der Waals surface area contributed by atoms with Crippen LogP contribution in [0.4, 0.5) is 0 Å². The molecule has 32 heavy (non-hydrogen) atoms. The molecular weight excluding hydrogens is 418 g/mol.